The van der Waals surface area contributed by atoms with Crippen LogP contribution in [-0.4, -0.2) is 6.61 Å². The molecule has 1 aliphatic heterocycles. The lowest BCUT2D eigenvalue weighted by Gasteiger charge is -2.18. The minimum atomic E-state index is -0.00806. The van der Waals surface area contributed by atoms with E-state index in [9.17, 15) is 0 Å². The first-order valence-corrected chi connectivity index (χ1v) is 8.00. The standard InChI is InChI=1S/C16H16BrClN2O/c17-13-6-11-4-5-21-16(11)12(7-13)9-15(20-19)10-2-1-3-14(18)8-10/h1-3,6-8,15,20H,4-5,9,19H2. The maximum Gasteiger partial charge on any atom is 0.125 e. The van der Waals surface area contributed by atoms with Gasteiger partial charge in [0.25, 0.3) is 0 Å². The first-order chi connectivity index (χ1) is 10.2. The van der Waals surface area contributed by atoms with Gasteiger partial charge in [-0.05, 0) is 47.4 Å². The lowest BCUT2D eigenvalue weighted by molar-refractivity contribution is 0.351. The number of benzene rings is 2. The number of nitrogens with one attached hydrogen (secondary N) is 1. The van der Waals surface area contributed by atoms with Crippen LogP contribution in [0.2, 0.25) is 5.02 Å². The molecule has 1 atom stereocenters. The van der Waals surface area contributed by atoms with Crippen LogP contribution in [-0.2, 0) is 12.8 Å². The molecule has 3 nitrogen and oxygen atoms in total. The summed E-state index contributed by atoms with van der Waals surface area (Å²) in [6.07, 6.45) is 1.71. The Morgan fingerprint density at radius 2 is 2.19 bits per heavy atom. The monoisotopic (exact) mass is 366 g/mol. The second-order valence-electron chi connectivity index (χ2n) is 5.13. The van der Waals surface area contributed by atoms with E-state index in [2.05, 4.69) is 33.5 Å². The van der Waals surface area contributed by atoms with Crippen LogP contribution < -0.4 is 16.0 Å². The van der Waals surface area contributed by atoms with Gasteiger partial charge in [-0.15, -0.1) is 0 Å². The van der Waals surface area contributed by atoms with Gasteiger partial charge < -0.3 is 4.74 Å². The molecule has 0 saturated heterocycles. The van der Waals surface area contributed by atoms with Crippen LogP contribution in [0.3, 0.4) is 0 Å². The Kier molecular flexibility index (Phi) is 4.50. The molecule has 1 unspecified atom stereocenters. The molecule has 0 aliphatic carbocycles. The third kappa shape index (κ3) is 3.24. The second kappa shape index (κ2) is 6.36. The highest BCUT2D eigenvalue weighted by atomic mass is 79.9. The topological polar surface area (TPSA) is 47.3 Å². The van der Waals surface area contributed by atoms with E-state index in [0.717, 1.165) is 40.8 Å². The molecule has 0 aromatic heterocycles. The number of hydrogen-bond donors (Lipinski definition) is 2. The van der Waals surface area contributed by atoms with Gasteiger partial charge >= 0.3 is 0 Å². The highest BCUT2D eigenvalue weighted by Gasteiger charge is 2.20. The summed E-state index contributed by atoms with van der Waals surface area (Å²) in [5, 5.41) is 0.712. The van der Waals surface area contributed by atoms with Gasteiger partial charge in [-0.2, -0.15) is 0 Å². The number of fused-ring (bicyclic) bond motifs is 1. The summed E-state index contributed by atoms with van der Waals surface area (Å²) in [6, 6.07) is 12.0. The largest absolute Gasteiger partial charge is 0.493 e. The predicted molar refractivity (Wildman–Crippen MR) is 88.6 cm³/mol. The Morgan fingerprint density at radius 3 is 2.95 bits per heavy atom. The van der Waals surface area contributed by atoms with Crippen molar-refractivity contribution < 1.29 is 4.74 Å². The van der Waals surface area contributed by atoms with Crippen LogP contribution in [0.5, 0.6) is 5.75 Å². The average molecular weight is 368 g/mol. The number of ether oxygens (including phenoxy) is 1. The minimum absolute atomic E-state index is 0.00806. The molecule has 2 aromatic rings. The van der Waals surface area contributed by atoms with Crippen molar-refractivity contribution in [1.29, 1.82) is 0 Å². The Labute approximate surface area is 137 Å². The third-order valence-electron chi connectivity index (χ3n) is 3.70. The molecule has 0 saturated carbocycles. The first kappa shape index (κ1) is 14.9. The van der Waals surface area contributed by atoms with Crippen LogP contribution in [0.4, 0.5) is 0 Å². The van der Waals surface area contributed by atoms with Crippen molar-refractivity contribution in [1.82, 2.24) is 5.43 Å². The quantitative estimate of drug-likeness (QED) is 0.638. The second-order valence-corrected chi connectivity index (χ2v) is 6.48. The van der Waals surface area contributed by atoms with Crippen LogP contribution in [0.25, 0.3) is 0 Å². The minimum Gasteiger partial charge on any atom is -0.493 e. The molecule has 1 aliphatic rings. The summed E-state index contributed by atoms with van der Waals surface area (Å²) < 4.78 is 6.85. The lowest BCUT2D eigenvalue weighted by atomic mass is 9.97. The molecular formula is C16H16BrClN2O. The zero-order valence-corrected chi connectivity index (χ0v) is 13.7. The summed E-state index contributed by atoms with van der Waals surface area (Å²) >= 11 is 9.63. The van der Waals surface area contributed by atoms with Crippen LogP contribution in [0.1, 0.15) is 22.7 Å². The van der Waals surface area contributed by atoms with Gasteiger partial charge in [0.05, 0.1) is 12.6 Å². The molecule has 3 N–H and O–H groups in total. The predicted octanol–water partition coefficient (Wildman–Crippen LogP) is 3.78. The molecule has 0 spiro atoms. The Hall–Kier alpha value is -1.07. The van der Waals surface area contributed by atoms with Crippen molar-refractivity contribution in [3.8, 4) is 5.75 Å². The van der Waals surface area contributed by atoms with Crippen LogP contribution in [0.15, 0.2) is 40.9 Å². The fraction of sp³-hybridized carbons (Fsp3) is 0.250. The molecular weight excluding hydrogens is 352 g/mol. The van der Waals surface area contributed by atoms with E-state index in [1.165, 1.54) is 5.56 Å². The van der Waals surface area contributed by atoms with Gasteiger partial charge in [-0.3, -0.25) is 11.3 Å². The van der Waals surface area contributed by atoms with Gasteiger partial charge in [0.15, 0.2) is 0 Å². The third-order valence-corrected chi connectivity index (χ3v) is 4.39. The Balaban J connectivity index is 1.91. The van der Waals surface area contributed by atoms with Crippen molar-refractivity contribution in [2.75, 3.05) is 6.61 Å². The highest BCUT2D eigenvalue weighted by molar-refractivity contribution is 9.10. The van der Waals surface area contributed by atoms with Gasteiger partial charge in [0.1, 0.15) is 5.75 Å². The molecule has 2 aromatic carbocycles. The maximum atomic E-state index is 6.07. The van der Waals surface area contributed by atoms with Crippen LogP contribution >= 0.6 is 27.5 Å². The first-order valence-electron chi connectivity index (χ1n) is 6.83. The molecule has 1 heterocycles. The summed E-state index contributed by atoms with van der Waals surface area (Å²) in [7, 11) is 0. The van der Waals surface area contributed by atoms with Crippen LogP contribution in [0, 0.1) is 0 Å². The summed E-state index contributed by atoms with van der Waals surface area (Å²) in [4.78, 5) is 0. The number of hydrazine groups is 1. The summed E-state index contributed by atoms with van der Waals surface area (Å²) in [5.41, 5.74) is 6.35. The van der Waals surface area contributed by atoms with Crippen molar-refractivity contribution in [3.05, 3.63) is 62.6 Å². The fourth-order valence-corrected chi connectivity index (χ4v) is 3.47. The number of nitrogens with two attached hydrogens (primary N) is 1. The van der Waals surface area contributed by atoms with E-state index in [4.69, 9.17) is 22.2 Å². The van der Waals surface area contributed by atoms with Gasteiger partial charge in [-0.1, -0.05) is 39.7 Å². The van der Waals surface area contributed by atoms with Crippen molar-refractivity contribution in [2.45, 2.75) is 18.9 Å². The molecule has 0 radical (unpaired) electrons. The Bertz CT molecular complexity index is 663. The molecule has 5 heteroatoms. The van der Waals surface area contributed by atoms with E-state index in [-0.39, 0.29) is 6.04 Å². The highest BCUT2D eigenvalue weighted by Crippen LogP contribution is 2.35. The number of halogens is 2. The molecule has 3 rings (SSSR count). The zero-order valence-electron chi connectivity index (χ0n) is 11.4. The van der Waals surface area contributed by atoms with Gasteiger partial charge in [-0.25, -0.2) is 0 Å². The van der Waals surface area contributed by atoms with Crippen molar-refractivity contribution in [3.63, 3.8) is 0 Å². The Morgan fingerprint density at radius 1 is 1.33 bits per heavy atom. The van der Waals surface area contributed by atoms with E-state index in [1.54, 1.807) is 0 Å². The maximum absolute atomic E-state index is 6.07. The van der Waals surface area contributed by atoms with Gasteiger partial charge in [0.2, 0.25) is 0 Å². The average Bonchev–Trinajstić information content (AvgIpc) is 2.92. The van der Waals surface area contributed by atoms with E-state index in [0.29, 0.717) is 5.02 Å². The van der Waals surface area contributed by atoms with Gasteiger partial charge in [0, 0.05) is 15.9 Å². The van der Waals surface area contributed by atoms with E-state index in [1.807, 2.05) is 24.3 Å². The smallest absolute Gasteiger partial charge is 0.125 e. The summed E-state index contributed by atoms with van der Waals surface area (Å²) in [6.45, 7) is 0.747. The SMILES string of the molecule is NNC(Cc1cc(Br)cc2c1OCC2)c1cccc(Cl)c1. The number of rotatable bonds is 4. The zero-order chi connectivity index (χ0) is 14.8. The lowest BCUT2D eigenvalue weighted by Crippen LogP contribution is -2.29. The van der Waals surface area contributed by atoms with E-state index >= 15 is 0 Å². The molecule has 21 heavy (non-hydrogen) atoms. The van der Waals surface area contributed by atoms with Crippen molar-refractivity contribution in [2.24, 2.45) is 5.84 Å². The molecule has 110 valence electrons. The van der Waals surface area contributed by atoms with E-state index < -0.39 is 0 Å². The molecule has 0 amide bonds. The number of hydrogen-bond acceptors (Lipinski definition) is 3. The fourth-order valence-electron chi connectivity index (χ4n) is 2.71. The summed E-state index contributed by atoms with van der Waals surface area (Å²) in [5.74, 6) is 6.74. The normalized spacial score (nSPS) is 14.6. The molecule has 0 fully saturated rings. The van der Waals surface area contributed by atoms with Crippen molar-refractivity contribution >= 4 is 27.5 Å². The molecule has 0 bridgehead atoms.